The Morgan fingerprint density at radius 2 is 2.00 bits per heavy atom. The monoisotopic (exact) mass is 470 g/mol. The normalized spacial score (nSPS) is 22.0. The Kier molecular flexibility index (Phi) is 8.68. The molecule has 2 unspecified atom stereocenters. The maximum Gasteiger partial charge on any atom is 1.00 e. The van der Waals surface area contributed by atoms with Crippen LogP contribution in [-0.2, 0) is 14.3 Å². The number of hydrogen-bond acceptors (Lipinski definition) is 5. The summed E-state index contributed by atoms with van der Waals surface area (Å²) in [5.41, 5.74) is 2.06. The molecule has 0 N–H and O–H groups in total. The van der Waals surface area contributed by atoms with E-state index in [0.717, 1.165) is 11.1 Å². The van der Waals surface area contributed by atoms with Crippen LogP contribution in [0.4, 0.5) is 4.79 Å². The first-order chi connectivity index (χ1) is 13.2. The Morgan fingerprint density at radius 3 is 2.59 bits per heavy atom. The van der Waals surface area contributed by atoms with Crippen molar-refractivity contribution in [2.24, 2.45) is 0 Å². The van der Waals surface area contributed by atoms with E-state index in [2.05, 4.69) is 11.0 Å². The van der Waals surface area contributed by atoms with Crippen molar-refractivity contribution in [2.45, 2.75) is 51.8 Å². The van der Waals surface area contributed by atoms with Gasteiger partial charge in [0.1, 0.15) is 5.60 Å². The Bertz CT molecular complexity index is 773. The predicted octanol–water partition coefficient (Wildman–Crippen LogP) is 0.131. The molecule has 0 spiro atoms. The molecule has 0 aromatic heterocycles. The fourth-order valence-corrected chi connectivity index (χ4v) is 3.90. The van der Waals surface area contributed by atoms with Crippen LogP contribution < -0.4 is 58.2 Å². The van der Waals surface area contributed by atoms with Crippen molar-refractivity contribution >= 4 is 17.6 Å². The average Bonchev–Trinajstić information content (AvgIpc) is 2.61. The molecule has 2 bridgehead atoms. The summed E-state index contributed by atoms with van der Waals surface area (Å²) in [6.45, 7) is 8.65. The van der Waals surface area contributed by atoms with Gasteiger partial charge >= 0.3 is 70.3 Å². The van der Waals surface area contributed by atoms with Gasteiger partial charge < -0.3 is 14.4 Å². The number of carbonyl (C=O) groups excluding carboxylic acids is 2. The van der Waals surface area contributed by atoms with Crippen molar-refractivity contribution in [1.29, 1.82) is 0 Å². The van der Waals surface area contributed by atoms with Crippen LogP contribution in [0.2, 0.25) is 0 Å². The van der Waals surface area contributed by atoms with E-state index in [-0.39, 0.29) is 82.3 Å². The van der Waals surface area contributed by atoms with Crippen molar-refractivity contribution in [1.82, 2.24) is 9.80 Å². The summed E-state index contributed by atoms with van der Waals surface area (Å²) in [6, 6.07) is 10.6. The molecule has 1 amide bonds. The second kappa shape index (κ2) is 10.2. The molecule has 2 heterocycles. The number of hydrogen-bond donors (Lipinski definition) is 0. The van der Waals surface area contributed by atoms with Gasteiger partial charge in [0, 0.05) is 24.7 Å². The minimum atomic E-state index is -0.555. The second-order valence-electron chi connectivity index (χ2n) is 8.33. The van der Waals surface area contributed by atoms with E-state index in [1.807, 2.05) is 52.1 Å². The Hall–Kier alpha value is -0.535. The first-order valence-electron chi connectivity index (χ1n) is 9.77. The number of esters is 1. The van der Waals surface area contributed by atoms with E-state index < -0.39 is 5.60 Å². The molecule has 6 nitrogen and oxygen atoms in total. The third-order valence-electron chi connectivity index (χ3n) is 5.19. The molecule has 2 aliphatic rings. The number of ether oxygens (including phenoxy) is 2. The quantitative estimate of drug-likeness (QED) is 0.464. The topological polar surface area (TPSA) is 59.1 Å². The van der Waals surface area contributed by atoms with Crippen LogP contribution >= 0.6 is 0 Å². The standard InChI is InChI=1S/C22H29N2O4.Rb/c1-6-27-20(25)19-17(15-10-8-7-9-11-15)12-16-13-24(14-18(19)23(16)5)21(26)28-22(2,3)4;/h7-8,10-11,16,18H,6,12-14H2,1-5H3;/q-1;+1. The number of carbonyl (C=O) groups is 2. The van der Waals surface area contributed by atoms with Crippen molar-refractivity contribution < 1.29 is 77.3 Å². The van der Waals surface area contributed by atoms with Gasteiger partial charge in [0.15, 0.2) is 0 Å². The smallest absolute Gasteiger partial charge is 0.463 e. The molecule has 7 heteroatoms. The summed E-state index contributed by atoms with van der Waals surface area (Å²) < 4.78 is 10.9. The number of amides is 1. The van der Waals surface area contributed by atoms with Crippen LogP contribution in [0.25, 0.3) is 5.57 Å². The van der Waals surface area contributed by atoms with Gasteiger partial charge in [-0.2, -0.15) is 30.3 Å². The number of likely N-dealkylation sites (N-methyl/N-ethyl adjacent to an activating group) is 1. The number of piperazine rings is 1. The summed E-state index contributed by atoms with van der Waals surface area (Å²) in [4.78, 5) is 29.4. The van der Waals surface area contributed by atoms with Gasteiger partial charge in [-0.15, -0.1) is 5.56 Å². The summed E-state index contributed by atoms with van der Waals surface area (Å²) in [5, 5.41) is 0. The molecule has 1 saturated heterocycles. The molecule has 1 aromatic rings. The maximum absolute atomic E-state index is 12.9. The average molecular weight is 471 g/mol. The Morgan fingerprint density at radius 1 is 1.28 bits per heavy atom. The molecule has 152 valence electrons. The summed E-state index contributed by atoms with van der Waals surface area (Å²) in [5.74, 6) is -0.317. The van der Waals surface area contributed by atoms with Gasteiger partial charge in [-0.25, -0.2) is 9.59 Å². The molecule has 0 radical (unpaired) electrons. The fourth-order valence-electron chi connectivity index (χ4n) is 3.90. The van der Waals surface area contributed by atoms with E-state index in [0.29, 0.717) is 31.7 Å². The van der Waals surface area contributed by atoms with Crippen molar-refractivity contribution in [3.05, 3.63) is 41.5 Å². The largest absolute Gasteiger partial charge is 1.00 e. The molecular weight excluding hydrogens is 442 g/mol. The van der Waals surface area contributed by atoms with Gasteiger partial charge in [-0.1, -0.05) is 5.57 Å². The molecule has 1 aromatic carbocycles. The predicted molar refractivity (Wildman–Crippen MR) is 107 cm³/mol. The van der Waals surface area contributed by atoms with Gasteiger partial charge in [-0.05, 0) is 41.2 Å². The van der Waals surface area contributed by atoms with Crippen LogP contribution in [0, 0.1) is 6.07 Å². The van der Waals surface area contributed by atoms with Gasteiger partial charge in [0.05, 0.1) is 12.6 Å². The number of fused-ring (bicyclic) bond motifs is 2. The SMILES string of the molecule is CCOC(=O)C1=C(c2c[c-]ccc2)CC2CN(C(=O)OC(C)(C)C)CC1N2C.[Rb+]. The summed E-state index contributed by atoms with van der Waals surface area (Å²) in [6.07, 6.45) is 0.327. The van der Waals surface area contributed by atoms with Crippen LogP contribution in [0.1, 0.15) is 39.7 Å². The Labute approximate surface area is 222 Å². The summed E-state index contributed by atoms with van der Waals surface area (Å²) >= 11 is 0. The van der Waals surface area contributed by atoms with Gasteiger partial charge in [-0.3, -0.25) is 4.90 Å². The molecule has 1 fully saturated rings. The molecule has 2 aliphatic heterocycles. The van der Waals surface area contributed by atoms with Crippen LogP contribution in [-0.4, -0.2) is 66.3 Å². The third kappa shape index (κ3) is 5.79. The number of nitrogens with zero attached hydrogens (tertiary/aromatic N) is 2. The van der Waals surface area contributed by atoms with E-state index in [4.69, 9.17) is 9.47 Å². The van der Waals surface area contributed by atoms with E-state index >= 15 is 0 Å². The van der Waals surface area contributed by atoms with Crippen molar-refractivity contribution in [2.75, 3.05) is 26.7 Å². The zero-order valence-corrected chi connectivity index (χ0v) is 23.2. The first kappa shape index (κ1) is 24.7. The number of rotatable bonds is 3. The van der Waals surface area contributed by atoms with E-state index in [9.17, 15) is 9.59 Å². The van der Waals surface area contributed by atoms with Crippen molar-refractivity contribution in [3.8, 4) is 0 Å². The van der Waals surface area contributed by atoms with E-state index in [1.165, 1.54) is 0 Å². The maximum atomic E-state index is 12.9. The molecule has 2 atom stereocenters. The molecular formula is C22H29N2O4Rb. The fraction of sp³-hybridized carbons (Fsp3) is 0.545. The van der Waals surface area contributed by atoms with E-state index in [1.54, 1.807) is 11.8 Å². The minimum Gasteiger partial charge on any atom is -0.463 e. The first-order valence-corrected chi connectivity index (χ1v) is 9.77. The molecule has 0 aliphatic carbocycles. The van der Waals surface area contributed by atoms with Crippen molar-refractivity contribution in [3.63, 3.8) is 0 Å². The Balaban J connectivity index is 0.00000300. The van der Waals surface area contributed by atoms with Gasteiger partial charge in [0.2, 0.25) is 0 Å². The molecule has 0 saturated carbocycles. The molecule has 3 rings (SSSR count). The zero-order chi connectivity index (χ0) is 20.5. The second-order valence-corrected chi connectivity index (χ2v) is 8.33. The minimum absolute atomic E-state index is 0. The van der Waals surface area contributed by atoms with Crippen LogP contribution in [0.15, 0.2) is 29.8 Å². The third-order valence-corrected chi connectivity index (χ3v) is 5.19. The zero-order valence-electron chi connectivity index (χ0n) is 18.3. The van der Waals surface area contributed by atoms with Gasteiger partial charge in [0.25, 0.3) is 0 Å². The summed E-state index contributed by atoms with van der Waals surface area (Å²) in [7, 11) is 2.01. The van der Waals surface area contributed by atoms with Crippen LogP contribution in [0.3, 0.4) is 0 Å². The molecule has 29 heavy (non-hydrogen) atoms. The number of benzene rings is 1. The van der Waals surface area contributed by atoms with Crippen LogP contribution in [0.5, 0.6) is 0 Å².